The minimum absolute atomic E-state index is 0.325. The van der Waals surface area contributed by atoms with E-state index >= 15 is 0 Å². The van der Waals surface area contributed by atoms with E-state index in [2.05, 4.69) is 29.3 Å². The molecule has 3 heterocycles. The number of likely N-dealkylation sites (N-methyl/N-ethyl adjacent to an activating group) is 1. The zero-order valence-corrected chi connectivity index (χ0v) is 12.5. The summed E-state index contributed by atoms with van der Waals surface area (Å²) in [5.74, 6) is 1.98. The van der Waals surface area contributed by atoms with Gasteiger partial charge in [0.15, 0.2) is 5.82 Å². The van der Waals surface area contributed by atoms with Crippen molar-refractivity contribution in [1.82, 2.24) is 15.5 Å². The first-order valence-electron chi connectivity index (χ1n) is 8.01. The molecule has 0 saturated carbocycles. The Morgan fingerprint density at radius 3 is 2.90 bits per heavy atom. The van der Waals surface area contributed by atoms with E-state index in [9.17, 15) is 0 Å². The van der Waals surface area contributed by atoms with Gasteiger partial charge in [-0.25, -0.2) is 0 Å². The second kappa shape index (κ2) is 6.22. The zero-order valence-electron chi connectivity index (χ0n) is 12.5. The third-order valence-corrected chi connectivity index (χ3v) is 4.47. The van der Waals surface area contributed by atoms with Crippen LogP contribution in [0, 0.1) is 0 Å². The van der Waals surface area contributed by atoms with E-state index in [1.54, 1.807) is 0 Å². The van der Waals surface area contributed by atoms with Crippen LogP contribution in [0.2, 0.25) is 0 Å². The van der Waals surface area contributed by atoms with Gasteiger partial charge in [0.2, 0.25) is 5.89 Å². The van der Waals surface area contributed by atoms with Gasteiger partial charge in [0.25, 0.3) is 0 Å². The molecule has 2 aliphatic rings. The highest BCUT2D eigenvalue weighted by Gasteiger charge is 2.43. The average molecular weight is 279 g/mol. The van der Waals surface area contributed by atoms with Crippen LogP contribution >= 0.6 is 0 Å². The highest BCUT2D eigenvalue weighted by Crippen LogP contribution is 2.43. The highest BCUT2D eigenvalue weighted by molar-refractivity contribution is 5.07. The van der Waals surface area contributed by atoms with Gasteiger partial charge in [0.05, 0.1) is 18.1 Å². The first-order chi connectivity index (χ1) is 9.80. The second-order valence-corrected chi connectivity index (χ2v) is 6.01. The molecule has 0 aromatic carbocycles. The summed E-state index contributed by atoms with van der Waals surface area (Å²) in [5.41, 5.74) is 0. The molecule has 5 heteroatoms. The van der Waals surface area contributed by atoms with E-state index < -0.39 is 0 Å². The maximum Gasteiger partial charge on any atom is 0.228 e. The third-order valence-electron chi connectivity index (χ3n) is 4.47. The summed E-state index contributed by atoms with van der Waals surface area (Å²) in [4.78, 5) is 4.62. The van der Waals surface area contributed by atoms with Crippen LogP contribution in [0.1, 0.15) is 63.6 Å². The lowest BCUT2D eigenvalue weighted by atomic mass is 9.89. The molecule has 1 N–H and O–H groups in total. The van der Waals surface area contributed by atoms with Crippen LogP contribution in [0.5, 0.6) is 0 Å². The van der Waals surface area contributed by atoms with Gasteiger partial charge in [-0.15, -0.1) is 0 Å². The van der Waals surface area contributed by atoms with Gasteiger partial charge >= 0.3 is 0 Å². The number of fused-ring (bicyclic) bond motifs is 2. The molecule has 3 rings (SSSR count). The standard InChI is InChI=1S/C15H25N3O2/c1-3-5-10(16-4-2)8-14-17-15(18-20-14)12-9-11-6-7-13(12)19-11/h10-13,16H,3-9H2,1-2H3. The summed E-state index contributed by atoms with van der Waals surface area (Å²) in [6.45, 7) is 5.32. The topological polar surface area (TPSA) is 60.2 Å². The van der Waals surface area contributed by atoms with Crippen molar-refractivity contribution in [2.75, 3.05) is 6.54 Å². The Labute approximate surface area is 120 Å². The minimum atomic E-state index is 0.325. The fraction of sp³-hybridized carbons (Fsp3) is 0.867. The van der Waals surface area contributed by atoms with Crippen molar-refractivity contribution in [3.05, 3.63) is 11.7 Å². The van der Waals surface area contributed by atoms with Gasteiger partial charge < -0.3 is 14.6 Å². The lowest BCUT2D eigenvalue weighted by Crippen LogP contribution is -2.30. The van der Waals surface area contributed by atoms with E-state index in [0.29, 0.717) is 24.2 Å². The summed E-state index contributed by atoms with van der Waals surface area (Å²) in [6.07, 6.45) is 7.31. The zero-order chi connectivity index (χ0) is 13.9. The minimum Gasteiger partial charge on any atom is -0.374 e. The molecule has 2 saturated heterocycles. The van der Waals surface area contributed by atoms with Crippen LogP contribution in [-0.2, 0) is 11.2 Å². The van der Waals surface area contributed by atoms with Crippen LogP contribution in [0.15, 0.2) is 4.52 Å². The van der Waals surface area contributed by atoms with E-state index in [1.807, 2.05) is 0 Å². The van der Waals surface area contributed by atoms with E-state index in [1.165, 1.54) is 12.8 Å². The van der Waals surface area contributed by atoms with Crippen LogP contribution in [0.3, 0.4) is 0 Å². The van der Waals surface area contributed by atoms with Crippen molar-refractivity contribution in [3.8, 4) is 0 Å². The van der Waals surface area contributed by atoms with Crippen molar-refractivity contribution in [1.29, 1.82) is 0 Å². The molecule has 112 valence electrons. The molecule has 2 bridgehead atoms. The van der Waals surface area contributed by atoms with Gasteiger partial charge in [0.1, 0.15) is 0 Å². The first-order valence-corrected chi connectivity index (χ1v) is 8.01. The molecule has 2 fully saturated rings. The van der Waals surface area contributed by atoms with Crippen LogP contribution < -0.4 is 5.32 Å². The summed E-state index contributed by atoms with van der Waals surface area (Å²) in [6, 6.07) is 0.439. The Balaban J connectivity index is 1.61. The molecule has 1 aromatic rings. The highest BCUT2D eigenvalue weighted by atomic mass is 16.5. The summed E-state index contributed by atoms with van der Waals surface area (Å²) < 4.78 is 11.3. The maximum atomic E-state index is 5.87. The fourth-order valence-corrected chi connectivity index (χ4v) is 3.54. The van der Waals surface area contributed by atoms with E-state index in [-0.39, 0.29) is 0 Å². The second-order valence-electron chi connectivity index (χ2n) is 6.01. The first kappa shape index (κ1) is 14.0. The Morgan fingerprint density at radius 2 is 2.25 bits per heavy atom. The number of nitrogens with one attached hydrogen (secondary N) is 1. The van der Waals surface area contributed by atoms with Gasteiger partial charge in [-0.3, -0.25) is 0 Å². The van der Waals surface area contributed by atoms with Crippen LogP contribution in [0.25, 0.3) is 0 Å². The summed E-state index contributed by atoms with van der Waals surface area (Å²) in [7, 11) is 0. The number of rotatable bonds is 7. The lowest BCUT2D eigenvalue weighted by Gasteiger charge is -2.15. The molecule has 20 heavy (non-hydrogen) atoms. The molecule has 0 aliphatic carbocycles. The molecule has 4 unspecified atom stereocenters. The quantitative estimate of drug-likeness (QED) is 0.830. The molecule has 4 atom stereocenters. The summed E-state index contributed by atoms with van der Waals surface area (Å²) in [5, 5.41) is 7.68. The molecule has 5 nitrogen and oxygen atoms in total. The average Bonchev–Trinajstić information content (AvgIpc) is 3.14. The predicted octanol–water partition coefficient (Wildman–Crippen LogP) is 2.43. The van der Waals surface area contributed by atoms with Gasteiger partial charge in [0, 0.05) is 12.5 Å². The van der Waals surface area contributed by atoms with Crippen molar-refractivity contribution < 1.29 is 9.26 Å². The van der Waals surface area contributed by atoms with E-state index in [4.69, 9.17) is 9.26 Å². The number of nitrogens with zero attached hydrogens (tertiary/aromatic N) is 2. The maximum absolute atomic E-state index is 5.87. The lowest BCUT2D eigenvalue weighted by molar-refractivity contribution is 0.0996. The Bertz CT molecular complexity index is 429. The van der Waals surface area contributed by atoms with Gasteiger partial charge in [-0.1, -0.05) is 25.4 Å². The largest absolute Gasteiger partial charge is 0.374 e. The normalized spacial score (nSPS) is 30.0. The molecule has 1 aromatic heterocycles. The van der Waals surface area contributed by atoms with Crippen molar-refractivity contribution >= 4 is 0 Å². The number of hydrogen-bond donors (Lipinski definition) is 1. The predicted molar refractivity (Wildman–Crippen MR) is 75.6 cm³/mol. The third kappa shape index (κ3) is 2.88. The van der Waals surface area contributed by atoms with Crippen molar-refractivity contribution in [3.63, 3.8) is 0 Å². The van der Waals surface area contributed by atoms with E-state index in [0.717, 1.165) is 43.9 Å². The van der Waals surface area contributed by atoms with Gasteiger partial charge in [-0.2, -0.15) is 4.98 Å². The molecular formula is C15H25N3O2. The van der Waals surface area contributed by atoms with Crippen LogP contribution in [-0.4, -0.2) is 34.9 Å². The number of aromatic nitrogens is 2. The van der Waals surface area contributed by atoms with Crippen molar-refractivity contribution in [2.45, 2.75) is 76.5 Å². The molecule has 2 aliphatic heterocycles. The Kier molecular flexibility index (Phi) is 4.36. The molecular weight excluding hydrogens is 254 g/mol. The van der Waals surface area contributed by atoms with Crippen LogP contribution in [0.4, 0.5) is 0 Å². The smallest absolute Gasteiger partial charge is 0.228 e. The molecule has 0 spiro atoms. The fourth-order valence-electron chi connectivity index (χ4n) is 3.54. The SMILES string of the molecule is CCCC(Cc1nc(C2CC3CCC2O3)no1)NCC. The Hall–Kier alpha value is -0.940. The Morgan fingerprint density at radius 1 is 1.35 bits per heavy atom. The van der Waals surface area contributed by atoms with Gasteiger partial charge in [-0.05, 0) is 32.2 Å². The molecule has 0 radical (unpaired) electrons. The number of ether oxygens (including phenoxy) is 1. The monoisotopic (exact) mass is 279 g/mol. The summed E-state index contributed by atoms with van der Waals surface area (Å²) >= 11 is 0. The number of hydrogen-bond acceptors (Lipinski definition) is 5. The molecule has 0 amide bonds. The van der Waals surface area contributed by atoms with Crippen molar-refractivity contribution in [2.24, 2.45) is 0 Å².